The number of carbonyl (C=O) groups is 3. The van der Waals surface area contributed by atoms with E-state index in [1.165, 1.54) is 18.4 Å². The van der Waals surface area contributed by atoms with Crippen LogP contribution in [0.5, 0.6) is 0 Å². The van der Waals surface area contributed by atoms with Gasteiger partial charge in [0.1, 0.15) is 11.6 Å². The number of imide groups is 1. The maximum absolute atomic E-state index is 12.2. The van der Waals surface area contributed by atoms with E-state index in [4.69, 9.17) is 4.74 Å². The Bertz CT molecular complexity index is 792. The highest BCUT2D eigenvalue weighted by Gasteiger charge is 2.27. The van der Waals surface area contributed by atoms with E-state index in [2.05, 4.69) is 22.8 Å². The lowest BCUT2D eigenvalue weighted by Gasteiger charge is -2.33. The number of benzene rings is 1. The van der Waals surface area contributed by atoms with Crippen LogP contribution in [0.1, 0.15) is 71.3 Å². The summed E-state index contributed by atoms with van der Waals surface area (Å²) in [7, 11) is 0. The number of likely N-dealkylation sites (tertiary alicyclic amines) is 1. The highest BCUT2D eigenvalue weighted by Crippen LogP contribution is 2.24. The van der Waals surface area contributed by atoms with E-state index in [0.29, 0.717) is 18.8 Å². The molecule has 2 aliphatic heterocycles. The largest absolute Gasteiger partial charge is 0.444 e. The monoisotopic (exact) mass is 443 g/mol. The molecule has 0 saturated carbocycles. The summed E-state index contributed by atoms with van der Waals surface area (Å²) in [5.74, 6) is 0.244. The number of nitrogens with zero attached hydrogens (tertiary/aromatic N) is 1. The van der Waals surface area contributed by atoms with E-state index >= 15 is 0 Å². The number of hydrogen-bond donors (Lipinski definition) is 2. The summed E-state index contributed by atoms with van der Waals surface area (Å²) < 4.78 is 5.47. The molecule has 2 saturated heterocycles. The molecule has 2 heterocycles. The minimum atomic E-state index is -0.437. The van der Waals surface area contributed by atoms with E-state index in [1.807, 2.05) is 37.8 Å². The molecule has 1 atom stereocenters. The number of anilines is 1. The van der Waals surface area contributed by atoms with Gasteiger partial charge in [0.15, 0.2) is 0 Å². The van der Waals surface area contributed by atoms with Crippen molar-refractivity contribution in [3.8, 4) is 0 Å². The maximum atomic E-state index is 12.2. The second kappa shape index (κ2) is 10.8. The van der Waals surface area contributed by atoms with Crippen LogP contribution in [0.2, 0.25) is 0 Å². The maximum Gasteiger partial charge on any atom is 0.410 e. The summed E-state index contributed by atoms with van der Waals surface area (Å²) >= 11 is 0. The van der Waals surface area contributed by atoms with Gasteiger partial charge in [-0.25, -0.2) is 4.79 Å². The van der Waals surface area contributed by atoms with Crippen LogP contribution in [-0.2, 0) is 20.7 Å². The first-order valence-corrected chi connectivity index (χ1v) is 11.9. The Morgan fingerprint density at radius 3 is 2.41 bits per heavy atom. The van der Waals surface area contributed by atoms with Gasteiger partial charge in [-0.05, 0) is 76.5 Å². The Balaban J connectivity index is 1.31. The van der Waals surface area contributed by atoms with Gasteiger partial charge in [0, 0.05) is 25.2 Å². The van der Waals surface area contributed by atoms with Crippen molar-refractivity contribution in [2.24, 2.45) is 5.92 Å². The zero-order chi connectivity index (χ0) is 23.1. The molecule has 32 heavy (non-hydrogen) atoms. The zero-order valence-electron chi connectivity index (χ0n) is 19.6. The van der Waals surface area contributed by atoms with Crippen molar-refractivity contribution in [1.29, 1.82) is 0 Å². The molecule has 176 valence electrons. The third-order valence-electron chi connectivity index (χ3n) is 6.13. The van der Waals surface area contributed by atoms with E-state index < -0.39 is 5.60 Å². The minimum absolute atomic E-state index is 0.188. The third-order valence-corrected chi connectivity index (χ3v) is 6.13. The van der Waals surface area contributed by atoms with Crippen molar-refractivity contribution in [3.63, 3.8) is 0 Å². The Morgan fingerprint density at radius 1 is 1.09 bits per heavy atom. The molecule has 7 heteroatoms. The number of piperidine rings is 2. The fourth-order valence-electron chi connectivity index (χ4n) is 4.29. The van der Waals surface area contributed by atoms with Crippen LogP contribution in [0.25, 0.3) is 0 Å². The highest BCUT2D eigenvalue weighted by atomic mass is 16.6. The molecule has 1 aromatic rings. The highest BCUT2D eigenvalue weighted by molar-refractivity contribution is 6.01. The number of hydrogen-bond acceptors (Lipinski definition) is 5. The molecule has 0 aliphatic carbocycles. The lowest BCUT2D eigenvalue weighted by Crippen LogP contribution is -2.47. The van der Waals surface area contributed by atoms with Crippen LogP contribution in [0, 0.1) is 5.92 Å². The van der Waals surface area contributed by atoms with Crippen molar-refractivity contribution in [2.75, 3.05) is 18.4 Å². The molecule has 3 amide bonds. The average molecular weight is 444 g/mol. The van der Waals surface area contributed by atoms with Crippen molar-refractivity contribution in [1.82, 2.24) is 10.2 Å². The van der Waals surface area contributed by atoms with Gasteiger partial charge in [-0.1, -0.05) is 25.0 Å². The van der Waals surface area contributed by atoms with Crippen molar-refractivity contribution in [3.05, 3.63) is 29.8 Å². The molecular weight excluding hydrogens is 406 g/mol. The number of rotatable bonds is 7. The number of nitrogens with one attached hydrogen (secondary N) is 2. The second-order valence-corrected chi connectivity index (χ2v) is 10.0. The average Bonchev–Trinajstić information content (AvgIpc) is 2.73. The van der Waals surface area contributed by atoms with Gasteiger partial charge in [-0.15, -0.1) is 0 Å². The molecular formula is C25H37N3O4. The van der Waals surface area contributed by atoms with Crippen LogP contribution in [0.3, 0.4) is 0 Å². The second-order valence-electron chi connectivity index (χ2n) is 10.0. The minimum Gasteiger partial charge on any atom is -0.444 e. The van der Waals surface area contributed by atoms with E-state index in [-0.39, 0.29) is 23.9 Å². The van der Waals surface area contributed by atoms with Gasteiger partial charge < -0.3 is 15.0 Å². The standard InChI is InChI=1S/C25H37N3O4/c1-25(2,3)32-24(31)28-16-14-19(15-17-28)7-5-4-6-18-8-10-20(11-9-18)26-21-12-13-22(29)27-23(21)30/h8-11,19,21,26H,4-7,12-17H2,1-3H3,(H,27,29,30). The first kappa shape index (κ1) is 24.1. The summed E-state index contributed by atoms with van der Waals surface area (Å²) in [4.78, 5) is 37.1. The predicted molar refractivity (Wildman–Crippen MR) is 124 cm³/mol. The van der Waals surface area contributed by atoms with E-state index in [0.717, 1.165) is 44.5 Å². The summed E-state index contributed by atoms with van der Waals surface area (Å²) in [6.07, 6.45) is 7.41. The lowest BCUT2D eigenvalue weighted by atomic mass is 9.91. The van der Waals surface area contributed by atoms with E-state index in [9.17, 15) is 14.4 Å². The summed E-state index contributed by atoms with van der Waals surface area (Å²) in [6.45, 7) is 7.29. The van der Waals surface area contributed by atoms with Crippen LogP contribution in [0.4, 0.5) is 10.5 Å². The predicted octanol–water partition coefficient (Wildman–Crippen LogP) is 4.26. The molecule has 1 unspecified atom stereocenters. The van der Waals surface area contributed by atoms with Crippen molar-refractivity contribution in [2.45, 2.75) is 83.8 Å². The van der Waals surface area contributed by atoms with E-state index in [1.54, 1.807) is 0 Å². The SMILES string of the molecule is CC(C)(C)OC(=O)N1CCC(CCCCc2ccc(NC3CCC(=O)NC3=O)cc2)CC1. The molecule has 2 aliphatic rings. The number of ether oxygens (including phenoxy) is 1. The van der Waals surface area contributed by atoms with Crippen LogP contribution < -0.4 is 10.6 Å². The number of carbonyl (C=O) groups excluding carboxylic acids is 3. The topological polar surface area (TPSA) is 87.7 Å². The molecule has 0 aromatic heterocycles. The van der Waals surface area contributed by atoms with Crippen molar-refractivity contribution < 1.29 is 19.1 Å². The molecule has 3 rings (SSSR count). The van der Waals surface area contributed by atoms with Crippen LogP contribution in [-0.4, -0.2) is 47.5 Å². The Hall–Kier alpha value is -2.57. The van der Waals surface area contributed by atoms with Crippen molar-refractivity contribution >= 4 is 23.6 Å². The molecule has 2 fully saturated rings. The molecule has 2 N–H and O–H groups in total. The first-order chi connectivity index (χ1) is 15.2. The number of amides is 3. The fraction of sp³-hybridized carbons (Fsp3) is 0.640. The van der Waals surface area contributed by atoms with Gasteiger partial charge in [0.05, 0.1) is 0 Å². The van der Waals surface area contributed by atoms with Gasteiger partial charge in [0.25, 0.3) is 0 Å². The van der Waals surface area contributed by atoms with Gasteiger partial charge >= 0.3 is 6.09 Å². The van der Waals surface area contributed by atoms with Gasteiger partial charge in [-0.2, -0.15) is 0 Å². The number of unbranched alkanes of at least 4 members (excludes halogenated alkanes) is 1. The molecule has 7 nitrogen and oxygen atoms in total. The quantitative estimate of drug-likeness (QED) is 0.486. The molecule has 0 spiro atoms. The third kappa shape index (κ3) is 7.53. The van der Waals surface area contributed by atoms with Gasteiger partial charge in [0.2, 0.25) is 11.8 Å². The fourth-order valence-corrected chi connectivity index (χ4v) is 4.29. The summed E-state index contributed by atoms with van der Waals surface area (Å²) in [5, 5.41) is 5.58. The van der Waals surface area contributed by atoms with Gasteiger partial charge in [-0.3, -0.25) is 14.9 Å². The number of aryl methyl sites for hydroxylation is 1. The summed E-state index contributed by atoms with van der Waals surface area (Å²) in [6, 6.07) is 7.87. The van der Waals surface area contributed by atoms with Crippen LogP contribution >= 0.6 is 0 Å². The lowest BCUT2D eigenvalue weighted by molar-refractivity contribution is -0.133. The normalized spacial score (nSPS) is 20.1. The first-order valence-electron chi connectivity index (χ1n) is 11.9. The molecule has 0 radical (unpaired) electrons. The molecule has 1 aromatic carbocycles. The van der Waals surface area contributed by atoms with Crippen LogP contribution in [0.15, 0.2) is 24.3 Å². The molecule has 0 bridgehead atoms. The smallest absolute Gasteiger partial charge is 0.410 e. The Kier molecular flexibility index (Phi) is 8.15. The Labute approximate surface area is 191 Å². The summed E-state index contributed by atoms with van der Waals surface area (Å²) in [5.41, 5.74) is 1.76. The zero-order valence-corrected chi connectivity index (χ0v) is 19.6. The Morgan fingerprint density at radius 2 is 1.78 bits per heavy atom.